The van der Waals surface area contributed by atoms with Gasteiger partial charge in [0.15, 0.2) is 5.78 Å². The molecule has 0 atom stereocenters. The molecule has 0 radical (unpaired) electrons. The van der Waals surface area contributed by atoms with Gasteiger partial charge in [0.1, 0.15) is 0 Å². The molecule has 0 amide bonds. The van der Waals surface area contributed by atoms with Crippen LogP contribution in [0, 0.1) is 0 Å². The first-order chi connectivity index (χ1) is 5.06. The molecule has 0 unspecified atom stereocenters. The molecule has 0 aliphatic carbocycles. The topological polar surface area (TPSA) is 29.4 Å². The Morgan fingerprint density at radius 2 is 1.91 bits per heavy atom. The number of hydrogen-bond acceptors (Lipinski definition) is 3. The maximum Gasteiger partial charge on any atom is 0.154 e. The smallest absolute Gasteiger partial charge is 0.154 e. The van der Waals surface area contributed by atoms with Gasteiger partial charge in [-0.05, 0) is 27.0 Å². The number of nitrogens with zero attached hydrogens (tertiary/aromatic N) is 1. The van der Waals surface area contributed by atoms with Crippen LogP contribution in [0.1, 0.15) is 20.8 Å². The van der Waals surface area contributed by atoms with Crippen LogP contribution in [0.5, 0.6) is 0 Å². The first-order valence-electron chi connectivity index (χ1n) is 3.34. The van der Waals surface area contributed by atoms with Gasteiger partial charge in [-0.2, -0.15) is 0 Å². The van der Waals surface area contributed by atoms with E-state index in [-0.39, 0.29) is 5.78 Å². The standard InChI is InChI=1S/C8H13NOS/c1-6(5-7(2)10)9-8(3)11-4/h5H,1-4H3/b6-5+,9-8-. The lowest BCUT2D eigenvalue weighted by Crippen LogP contribution is -1.86. The molecule has 2 nitrogen and oxygen atoms in total. The lowest BCUT2D eigenvalue weighted by Gasteiger charge is -1.93. The van der Waals surface area contributed by atoms with E-state index in [1.165, 1.54) is 13.0 Å². The maximum atomic E-state index is 10.6. The van der Waals surface area contributed by atoms with Crippen molar-refractivity contribution < 1.29 is 4.79 Å². The van der Waals surface area contributed by atoms with E-state index in [0.29, 0.717) is 0 Å². The lowest BCUT2D eigenvalue weighted by atomic mass is 10.3. The zero-order chi connectivity index (χ0) is 8.85. The summed E-state index contributed by atoms with van der Waals surface area (Å²) in [4.78, 5) is 14.7. The Hall–Kier alpha value is -0.570. The monoisotopic (exact) mass is 171 g/mol. The quantitative estimate of drug-likeness (QED) is 0.362. The highest BCUT2D eigenvalue weighted by Crippen LogP contribution is 2.02. The normalized spacial score (nSPS) is 13.5. The molecule has 0 N–H and O–H groups in total. The van der Waals surface area contributed by atoms with Gasteiger partial charge in [-0.15, -0.1) is 11.8 Å². The highest BCUT2D eigenvalue weighted by atomic mass is 32.2. The van der Waals surface area contributed by atoms with E-state index >= 15 is 0 Å². The van der Waals surface area contributed by atoms with Crippen molar-refractivity contribution in [2.45, 2.75) is 20.8 Å². The summed E-state index contributed by atoms with van der Waals surface area (Å²) in [6, 6.07) is 0. The largest absolute Gasteiger partial charge is 0.295 e. The third-order valence-corrected chi connectivity index (χ3v) is 1.72. The van der Waals surface area contributed by atoms with E-state index in [2.05, 4.69) is 4.99 Å². The SMILES string of the molecule is CS/C(C)=N\C(C)=C\C(C)=O. The number of thioether (sulfide) groups is 1. The Balaban J connectivity index is 4.26. The Morgan fingerprint density at radius 3 is 2.27 bits per heavy atom. The van der Waals surface area contributed by atoms with Crippen LogP contribution in [0.2, 0.25) is 0 Å². The summed E-state index contributed by atoms with van der Waals surface area (Å²) in [5.41, 5.74) is 0.768. The van der Waals surface area contributed by atoms with Crippen LogP contribution in [-0.4, -0.2) is 17.1 Å². The molecule has 3 heteroatoms. The summed E-state index contributed by atoms with van der Waals surface area (Å²) in [5.74, 6) is 0.0418. The van der Waals surface area contributed by atoms with Crippen LogP contribution >= 0.6 is 11.8 Å². The van der Waals surface area contributed by atoms with Crippen molar-refractivity contribution in [3.63, 3.8) is 0 Å². The number of rotatable bonds is 2. The summed E-state index contributed by atoms with van der Waals surface area (Å²) in [5, 5.41) is 0.972. The second kappa shape index (κ2) is 5.13. The molecule has 0 aromatic heterocycles. The number of allylic oxidation sites excluding steroid dienone is 2. The molecule has 0 spiro atoms. The van der Waals surface area contributed by atoms with Gasteiger partial charge < -0.3 is 0 Å². The summed E-state index contributed by atoms with van der Waals surface area (Å²) in [6.45, 7) is 5.26. The van der Waals surface area contributed by atoms with Gasteiger partial charge in [0.05, 0.1) is 5.04 Å². The Bertz CT molecular complexity index is 206. The zero-order valence-electron chi connectivity index (χ0n) is 7.34. The maximum absolute atomic E-state index is 10.6. The molecule has 62 valence electrons. The fourth-order valence-electron chi connectivity index (χ4n) is 0.620. The minimum Gasteiger partial charge on any atom is -0.295 e. The molecule has 0 saturated heterocycles. The van der Waals surface area contributed by atoms with Gasteiger partial charge in [-0.25, -0.2) is 0 Å². The minimum absolute atomic E-state index is 0.0418. The first kappa shape index (κ1) is 10.4. The molecule has 11 heavy (non-hydrogen) atoms. The summed E-state index contributed by atoms with van der Waals surface area (Å²) >= 11 is 1.58. The zero-order valence-corrected chi connectivity index (χ0v) is 8.16. The van der Waals surface area contributed by atoms with Crippen LogP contribution in [-0.2, 0) is 4.79 Å². The molecule has 0 heterocycles. The summed E-state index contributed by atoms with van der Waals surface area (Å²) in [6.07, 6.45) is 3.49. The first-order valence-corrected chi connectivity index (χ1v) is 4.57. The second-order valence-electron chi connectivity index (χ2n) is 2.23. The summed E-state index contributed by atoms with van der Waals surface area (Å²) < 4.78 is 0. The highest BCUT2D eigenvalue weighted by Gasteiger charge is 1.90. The van der Waals surface area contributed by atoms with Crippen molar-refractivity contribution in [3.8, 4) is 0 Å². The van der Waals surface area contributed by atoms with Gasteiger partial charge >= 0.3 is 0 Å². The van der Waals surface area contributed by atoms with Crippen molar-refractivity contribution in [1.29, 1.82) is 0 Å². The van der Waals surface area contributed by atoms with Crippen molar-refractivity contribution in [2.24, 2.45) is 4.99 Å². The van der Waals surface area contributed by atoms with Crippen molar-refractivity contribution in [3.05, 3.63) is 11.8 Å². The van der Waals surface area contributed by atoms with Gasteiger partial charge in [0.2, 0.25) is 0 Å². The molecule has 0 aromatic rings. The average molecular weight is 171 g/mol. The van der Waals surface area contributed by atoms with Gasteiger partial charge in [-0.3, -0.25) is 9.79 Å². The van der Waals surface area contributed by atoms with Crippen molar-refractivity contribution in [2.75, 3.05) is 6.26 Å². The fourth-order valence-corrected chi connectivity index (χ4v) is 0.856. The molecular formula is C8H13NOS. The van der Waals surface area contributed by atoms with E-state index in [1.807, 2.05) is 20.1 Å². The van der Waals surface area contributed by atoms with Crippen LogP contribution in [0.15, 0.2) is 16.8 Å². The molecule has 0 aliphatic rings. The number of aliphatic imine (C=N–C) groups is 1. The van der Waals surface area contributed by atoms with Crippen LogP contribution in [0.25, 0.3) is 0 Å². The van der Waals surface area contributed by atoms with E-state index in [4.69, 9.17) is 0 Å². The number of hydrogen-bond donors (Lipinski definition) is 0. The highest BCUT2D eigenvalue weighted by molar-refractivity contribution is 8.13. The summed E-state index contributed by atoms with van der Waals surface area (Å²) in [7, 11) is 0. The van der Waals surface area contributed by atoms with E-state index in [0.717, 1.165) is 10.7 Å². The van der Waals surface area contributed by atoms with Gasteiger partial charge in [0, 0.05) is 11.8 Å². The van der Waals surface area contributed by atoms with Gasteiger partial charge in [-0.1, -0.05) is 0 Å². The minimum atomic E-state index is 0.0418. The van der Waals surface area contributed by atoms with Crippen LogP contribution in [0.3, 0.4) is 0 Å². The molecular weight excluding hydrogens is 158 g/mol. The molecule has 0 rings (SSSR count). The second-order valence-corrected chi connectivity index (χ2v) is 3.23. The van der Waals surface area contributed by atoms with E-state index in [9.17, 15) is 4.79 Å². The van der Waals surface area contributed by atoms with Crippen molar-refractivity contribution in [1.82, 2.24) is 0 Å². The number of carbonyl (C=O) groups excluding carboxylic acids is 1. The van der Waals surface area contributed by atoms with E-state index in [1.54, 1.807) is 11.8 Å². The van der Waals surface area contributed by atoms with Gasteiger partial charge in [0.25, 0.3) is 0 Å². The predicted octanol–water partition coefficient (Wildman–Crippen LogP) is 2.26. The molecule has 0 saturated carbocycles. The third-order valence-electron chi connectivity index (χ3n) is 1.04. The lowest BCUT2D eigenvalue weighted by molar-refractivity contribution is -0.112. The average Bonchev–Trinajstić information content (AvgIpc) is 1.85. The molecule has 0 fully saturated rings. The Labute approximate surface area is 71.8 Å². The Morgan fingerprint density at radius 1 is 1.36 bits per heavy atom. The Kier molecular flexibility index (Phi) is 4.86. The molecule has 0 bridgehead atoms. The van der Waals surface area contributed by atoms with Crippen LogP contribution < -0.4 is 0 Å². The third kappa shape index (κ3) is 5.85. The fraction of sp³-hybridized carbons (Fsp3) is 0.500. The number of carbonyl (C=O) groups is 1. The van der Waals surface area contributed by atoms with Crippen molar-refractivity contribution >= 4 is 22.6 Å². The number of ketones is 1. The van der Waals surface area contributed by atoms with Crippen LogP contribution in [0.4, 0.5) is 0 Å². The molecule has 0 aromatic carbocycles. The predicted molar refractivity (Wildman–Crippen MR) is 51.1 cm³/mol. The van der Waals surface area contributed by atoms with E-state index < -0.39 is 0 Å². The molecule has 0 aliphatic heterocycles.